The van der Waals surface area contributed by atoms with Crippen LogP contribution in [-0.4, -0.2) is 31.4 Å². The maximum Gasteiger partial charge on any atom is 0.251 e. The summed E-state index contributed by atoms with van der Waals surface area (Å²) in [6.07, 6.45) is 0.989. The molecule has 0 aliphatic heterocycles. The van der Waals surface area contributed by atoms with Gasteiger partial charge in [0.05, 0.1) is 6.54 Å². The molecule has 0 bridgehead atoms. The fourth-order valence-corrected chi connectivity index (χ4v) is 2.70. The molecule has 28 heavy (non-hydrogen) atoms. The summed E-state index contributed by atoms with van der Waals surface area (Å²) in [7, 11) is 1.73. The van der Waals surface area contributed by atoms with Crippen LogP contribution in [-0.2, 0) is 24.3 Å². The number of hydrogen-bond acceptors (Lipinski definition) is 3. The van der Waals surface area contributed by atoms with Crippen LogP contribution in [0.1, 0.15) is 34.0 Å². The molecule has 2 rings (SSSR count). The SMILES string of the molecule is CCc1ccccc1CNC(=NC)NCc1ccc(C(=O)NCC(N)=O)cc1. The summed E-state index contributed by atoms with van der Waals surface area (Å²) in [5, 5.41) is 9.04. The van der Waals surface area contributed by atoms with Crippen molar-refractivity contribution in [2.24, 2.45) is 10.7 Å². The van der Waals surface area contributed by atoms with Crippen molar-refractivity contribution in [3.8, 4) is 0 Å². The molecule has 0 atom stereocenters. The van der Waals surface area contributed by atoms with Crippen LogP contribution >= 0.6 is 0 Å². The Kier molecular flexibility index (Phi) is 8.02. The van der Waals surface area contributed by atoms with Crippen molar-refractivity contribution in [1.82, 2.24) is 16.0 Å². The quantitative estimate of drug-likeness (QED) is 0.409. The summed E-state index contributed by atoms with van der Waals surface area (Å²) in [5.74, 6) is -0.200. The Morgan fingerprint density at radius 2 is 1.57 bits per heavy atom. The van der Waals surface area contributed by atoms with E-state index in [2.05, 4.69) is 40.0 Å². The number of benzene rings is 2. The standard InChI is InChI=1S/C21H27N5O2/c1-3-16-6-4-5-7-18(16)13-26-21(23-2)25-12-15-8-10-17(11-9-15)20(28)24-14-19(22)27/h4-11H,3,12-14H2,1-2H3,(H2,22,27)(H,24,28)(H2,23,25,26). The van der Waals surface area contributed by atoms with Gasteiger partial charge in [0.1, 0.15) is 0 Å². The smallest absolute Gasteiger partial charge is 0.251 e. The number of nitrogens with zero attached hydrogens (tertiary/aromatic N) is 1. The van der Waals surface area contributed by atoms with Crippen LogP contribution in [0, 0.1) is 0 Å². The molecule has 5 N–H and O–H groups in total. The lowest BCUT2D eigenvalue weighted by atomic mass is 10.1. The summed E-state index contributed by atoms with van der Waals surface area (Å²) >= 11 is 0. The molecule has 2 aromatic carbocycles. The second kappa shape index (κ2) is 10.7. The van der Waals surface area contributed by atoms with Gasteiger partial charge in [0.2, 0.25) is 5.91 Å². The Bertz CT molecular complexity index is 831. The third-order valence-corrected chi connectivity index (χ3v) is 4.27. The third-order valence-electron chi connectivity index (χ3n) is 4.27. The van der Waals surface area contributed by atoms with Crippen LogP contribution in [0.15, 0.2) is 53.5 Å². The van der Waals surface area contributed by atoms with Gasteiger partial charge in [-0.15, -0.1) is 0 Å². The normalized spacial score (nSPS) is 11.0. The molecule has 7 nitrogen and oxygen atoms in total. The van der Waals surface area contributed by atoms with E-state index in [1.54, 1.807) is 19.2 Å². The van der Waals surface area contributed by atoms with Crippen LogP contribution in [0.2, 0.25) is 0 Å². The maximum atomic E-state index is 11.9. The highest BCUT2D eigenvalue weighted by atomic mass is 16.2. The van der Waals surface area contributed by atoms with Gasteiger partial charge in [0, 0.05) is 25.7 Å². The average Bonchev–Trinajstić information content (AvgIpc) is 2.72. The molecule has 0 aliphatic rings. The monoisotopic (exact) mass is 381 g/mol. The van der Waals surface area contributed by atoms with Crippen molar-refractivity contribution in [1.29, 1.82) is 0 Å². The summed E-state index contributed by atoms with van der Waals surface area (Å²) in [4.78, 5) is 26.9. The Morgan fingerprint density at radius 1 is 0.929 bits per heavy atom. The van der Waals surface area contributed by atoms with E-state index in [1.807, 2.05) is 24.3 Å². The minimum absolute atomic E-state index is 0.175. The number of rotatable bonds is 8. The molecule has 0 saturated heterocycles. The number of nitrogens with one attached hydrogen (secondary N) is 3. The first kappa shape index (κ1) is 21.0. The predicted octanol–water partition coefficient (Wildman–Crippen LogP) is 1.33. The van der Waals surface area contributed by atoms with Gasteiger partial charge in [-0.3, -0.25) is 14.6 Å². The number of amides is 2. The summed E-state index contributed by atoms with van der Waals surface area (Å²) in [6.45, 7) is 3.23. The fourth-order valence-electron chi connectivity index (χ4n) is 2.70. The molecule has 0 fully saturated rings. The van der Waals surface area contributed by atoms with Crippen molar-refractivity contribution < 1.29 is 9.59 Å². The molecule has 0 unspecified atom stereocenters. The molecule has 2 aromatic rings. The zero-order valence-electron chi connectivity index (χ0n) is 16.3. The van der Waals surface area contributed by atoms with Gasteiger partial charge in [0.15, 0.2) is 5.96 Å². The molecule has 0 aliphatic carbocycles. The topological polar surface area (TPSA) is 109 Å². The van der Waals surface area contributed by atoms with Gasteiger partial charge in [-0.05, 0) is 35.2 Å². The van der Waals surface area contributed by atoms with E-state index >= 15 is 0 Å². The summed E-state index contributed by atoms with van der Waals surface area (Å²) < 4.78 is 0. The number of carbonyl (C=O) groups excluding carboxylic acids is 2. The van der Waals surface area contributed by atoms with Crippen LogP contribution in [0.25, 0.3) is 0 Å². The molecule has 0 radical (unpaired) electrons. The number of carbonyl (C=O) groups is 2. The van der Waals surface area contributed by atoms with E-state index in [1.165, 1.54) is 11.1 Å². The van der Waals surface area contributed by atoms with Gasteiger partial charge in [0.25, 0.3) is 5.91 Å². The highest BCUT2D eigenvalue weighted by Gasteiger charge is 2.07. The number of aliphatic imine (C=N–C) groups is 1. The maximum absolute atomic E-state index is 11.9. The first-order valence-corrected chi connectivity index (χ1v) is 9.20. The Morgan fingerprint density at radius 3 is 2.18 bits per heavy atom. The Labute approximate surface area is 165 Å². The third kappa shape index (κ3) is 6.42. The van der Waals surface area contributed by atoms with E-state index in [-0.39, 0.29) is 12.5 Å². The van der Waals surface area contributed by atoms with E-state index < -0.39 is 5.91 Å². The van der Waals surface area contributed by atoms with Crippen LogP contribution < -0.4 is 21.7 Å². The van der Waals surface area contributed by atoms with E-state index in [0.717, 1.165) is 12.0 Å². The largest absolute Gasteiger partial charge is 0.368 e. The molecule has 0 aromatic heterocycles. The van der Waals surface area contributed by atoms with E-state index in [9.17, 15) is 9.59 Å². The number of nitrogens with two attached hydrogens (primary N) is 1. The minimum atomic E-state index is -0.574. The van der Waals surface area contributed by atoms with Gasteiger partial charge < -0.3 is 21.7 Å². The fraction of sp³-hybridized carbons (Fsp3) is 0.286. The zero-order valence-corrected chi connectivity index (χ0v) is 16.3. The number of primary amides is 1. The van der Waals surface area contributed by atoms with E-state index in [4.69, 9.17) is 5.73 Å². The highest BCUT2D eigenvalue weighted by molar-refractivity contribution is 5.96. The molecule has 0 saturated carbocycles. The van der Waals surface area contributed by atoms with Gasteiger partial charge >= 0.3 is 0 Å². The van der Waals surface area contributed by atoms with Gasteiger partial charge in [-0.1, -0.05) is 43.3 Å². The first-order valence-electron chi connectivity index (χ1n) is 9.20. The molecule has 148 valence electrons. The van der Waals surface area contributed by atoms with Gasteiger partial charge in [-0.25, -0.2) is 0 Å². The molecule has 7 heteroatoms. The van der Waals surface area contributed by atoms with Crippen LogP contribution in [0.3, 0.4) is 0 Å². The summed E-state index contributed by atoms with van der Waals surface area (Å²) in [6, 6.07) is 15.5. The zero-order chi connectivity index (χ0) is 20.4. The molecule has 0 heterocycles. The highest BCUT2D eigenvalue weighted by Crippen LogP contribution is 2.09. The Hall–Kier alpha value is -3.35. The minimum Gasteiger partial charge on any atom is -0.368 e. The van der Waals surface area contributed by atoms with Crippen molar-refractivity contribution >= 4 is 17.8 Å². The van der Waals surface area contributed by atoms with E-state index in [0.29, 0.717) is 24.6 Å². The second-order valence-corrected chi connectivity index (χ2v) is 6.25. The lowest BCUT2D eigenvalue weighted by Crippen LogP contribution is -2.36. The second-order valence-electron chi connectivity index (χ2n) is 6.25. The van der Waals surface area contributed by atoms with Crippen LogP contribution in [0.5, 0.6) is 0 Å². The molecular weight excluding hydrogens is 354 g/mol. The van der Waals surface area contributed by atoms with Crippen molar-refractivity contribution in [3.63, 3.8) is 0 Å². The van der Waals surface area contributed by atoms with Crippen molar-refractivity contribution in [3.05, 3.63) is 70.8 Å². The van der Waals surface area contributed by atoms with Crippen molar-refractivity contribution in [2.45, 2.75) is 26.4 Å². The number of hydrogen-bond donors (Lipinski definition) is 4. The van der Waals surface area contributed by atoms with Gasteiger partial charge in [-0.2, -0.15) is 0 Å². The van der Waals surface area contributed by atoms with Crippen molar-refractivity contribution in [2.75, 3.05) is 13.6 Å². The predicted molar refractivity (Wildman–Crippen MR) is 111 cm³/mol. The molecule has 0 spiro atoms. The van der Waals surface area contributed by atoms with Crippen LogP contribution in [0.4, 0.5) is 0 Å². The Balaban J connectivity index is 1.86. The lowest BCUT2D eigenvalue weighted by molar-refractivity contribution is -0.117. The molecular formula is C21H27N5O2. The number of aryl methyl sites for hydroxylation is 1. The summed E-state index contributed by atoms with van der Waals surface area (Å²) in [5.41, 5.74) is 9.07. The lowest BCUT2D eigenvalue weighted by Gasteiger charge is -2.14. The number of guanidine groups is 1. The first-order chi connectivity index (χ1) is 13.5. The molecule has 2 amide bonds. The average molecular weight is 381 g/mol.